The summed E-state index contributed by atoms with van der Waals surface area (Å²) in [5, 5.41) is 0. The first-order valence-corrected chi connectivity index (χ1v) is 15.3. The van der Waals surface area contributed by atoms with Gasteiger partial charge in [0.05, 0.1) is 19.8 Å². The Morgan fingerprint density at radius 3 is 1.16 bits per heavy atom. The monoisotopic (exact) mass is 482 g/mol. The summed E-state index contributed by atoms with van der Waals surface area (Å²) in [5.41, 5.74) is 0. The molecule has 0 fully saturated rings. The average Bonchev–Trinajstić information content (AvgIpc) is 2.77. The van der Waals surface area contributed by atoms with Crippen LogP contribution < -0.4 is 0 Å². The van der Waals surface area contributed by atoms with E-state index < -0.39 is 17.2 Å². The van der Waals surface area contributed by atoms with E-state index in [-0.39, 0.29) is 0 Å². The highest BCUT2D eigenvalue weighted by Gasteiger charge is 2.20. The Morgan fingerprint density at radius 1 is 0.452 bits per heavy atom. The molecule has 0 aromatic rings. The van der Waals surface area contributed by atoms with Crippen molar-refractivity contribution in [2.24, 2.45) is 0 Å². The molecule has 0 spiro atoms. The van der Waals surface area contributed by atoms with E-state index in [0.29, 0.717) is 19.8 Å². The van der Waals surface area contributed by atoms with Gasteiger partial charge in [0.15, 0.2) is 0 Å². The molecule has 0 heterocycles. The second-order valence-corrected chi connectivity index (χ2v) is 10.7. The maximum Gasteiger partial charge on any atom is 0.339 e. The number of hydrogen-bond acceptors (Lipinski definition) is 5. The van der Waals surface area contributed by atoms with Crippen LogP contribution in [-0.4, -0.2) is 24.7 Å². The third-order valence-electron chi connectivity index (χ3n) is 5.23. The summed E-state index contributed by atoms with van der Waals surface area (Å²) in [6, 6.07) is 0. The largest absolute Gasteiger partial charge is 0.339 e. The Labute approximate surface area is 196 Å². The second-order valence-electron chi connectivity index (χ2n) is 8.35. The van der Waals surface area contributed by atoms with Crippen LogP contribution in [0.4, 0.5) is 0 Å². The highest BCUT2D eigenvalue weighted by Crippen LogP contribution is 2.53. The molecule has 0 aliphatic carbocycles. The van der Waals surface area contributed by atoms with Gasteiger partial charge in [-0.2, -0.15) is 0 Å². The van der Waals surface area contributed by atoms with E-state index in [0.717, 1.165) is 25.7 Å². The molecule has 0 aliphatic heterocycles. The van der Waals surface area contributed by atoms with Gasteiger partial charge < -0.3 is 18.5 Å². The van der Waals surface area contributed by atoms with Crippen LogP contribution in [0.5, 0.6) is 0 Å². The molecule has 0 bridgehead atoms. The van der Waals surface area contributed by atoms with Gasteiger partial charge in [0.2, 0.25) is 0 Å². The fraction of sp³-hybridized carbons (Fsp3) is 1.00. The molecule has 0 aromatic heterocycles. The minimum absolute atomic E-state index is 0.534. The van der Waals surface area contributed by atoms with Crippen molar-refractivity contribution in [3.8, 4) is 0 Å². The van der Waals surface area contributed by atoms with Gasteiger partial charge in [0.25, 0.3) is 0 Å². The third-order valence-corrected chi connectivity index (χ3v) is 7.51. The van der Waals surface area contributed by atoms with Crippen LogP contribution >= 0.6 is 17.2 Å². The van der Waals surface area contributed by atoms with Crippen LogP contribution in [0.3, 0.4) is 0 Å². The van der Waals surface area contributed by atoms with E-state index in [4.69, 9.17) is 17.9 Å². The third kappa shape index (κ3) is 25.1. The number of hydrogen-bond donors (Lipinski definition) is 1. The Balaban J connectivity index is 3.99. The Kier molecular flexibility index (Phi) is 27.5. The molecule has 0 radical (unpaired) electrons. The summed E-state index contributed by atoms with van der Waals surface area (Å²) in [7, 11) is -3.47. The van der Waals surface area contributed by atoms with Gasteiger partial charge in [-0.1, -0.05) is 117 Å². The molecule has 5 nitrogen and oxygen atoms in total. The summed E-state index contributed by atoms with van der Waals surface area (Å²) in [6.07, 6.45) is 21.8. The predicted molar refractivity (Wildman–Crippen MR) is 135 cm³/mol. The molecule has 0 aliphatic rings. The number of rotatable bonds is 26. The van der Waals surface area contributed by atoms with Gasteiger partial charge in [-0.05, 0) is 19.3 Å². The quantitative estimate of drug-likeness (QED) is 0.0982. The molecule has 0 saturated heterocycles. The van der Waals surface area contributed by atoms with Gasteiger partial charge in [-0.15, -0.1) is 0 Å². The molecular weight excluding hydrogens is 430 g/mol. The fourth-order valence-corrected chi connectivity index (χ4v) is 5.17. The predicted octanol–water partition coefficient (Wildman–Crippen LogP) is 9.58. The molecule has 1 atom stereocenters. The zero-order chi connectivity index (χ0) is 22.8. The average molecular weight is 483 g/mol. The van der Waals surface area contributed by atoms with Crippen molar-refractivity contribution in [2.75, 3.05) is 19.8 Å². The summed E-state index contributed by atoms with van der Waals surface area (Å²) >= 11 is 0. The highest BCUT2D eigenvalue weighted by molar-refractivity contribution is 7.55. The zero-order valence-corrected chi connectivity index (χ0v) is 22.6. The van der Waals surface area contributed by atoms with Crippen molar-refractivity contribution in [1.82, 2.24) is 0 Å². The lowest BCUT2D eigenvalue weighted by molar-refractivity contribution is 0.180. The lowest BCUT2D eigenvalue weighted by Gasteiger charge is -2.19. The lowest BCUT2D eigenvalue weighted by atomic mass is 10.1. The molecular formula is C24H52O5P2. The Morgan fingerprint density at radius 2 is 0.774 bits per heavy atom. The summed E-state index contributed by atoms with van der Waals surface area (Å²) in [6.45, 7) is 8.46. The molecule has 0 saturated carbocycles. The van der Waals surface area contributed by atoms with Crippen LogP contribution in [0.25, 0.3) is 0 Å². The summed E-state index contributed by atoms with van der Waals surface area (Å²) < 4.78 is 22.7. The summed E-state index contributed by atoms with van der Waals surface area (Å²) in [5.74, 6) is 0. The van der Waals surface area contributed by atoms with Crippen LogP contribution in [-0.2, 0) is 17.9 Å². The van der Waals surface area contributed by atoms with Gasteiger partial charge >= 0.3 is 17.2 Å². The molecule has 1 N–H and O–H groups in total. The Bertz CT molecular complexity index is 319. The SMILES string of the molecule is CCCCCCCCOP(O)OP(OCCCCCCCC)OCCCCCCCC. The Hall–Kier alpha value is 0.660. The first-order valence-electron chi connectivity index (χ1n) is 13.1. The fourth-order valence-electron chi connectivity index (χ4n) is 3.23. The van der Waals surface area contributed by atoms with Crippen molar-refractivity contribution in [2.45, 2.75) is 136 Å². The normalized spacial score (nSPS) is 12.7. The molecule has 0 amide bonds. The van der Waals surface area contributed by atoms with E-state index in [9.17, 15) is 4.89 Å². The zero-order valence-electron chi connectivity index (χ0n) is 20.8. The molecule has 31 heavy (non-hydrogen) atoms. The van der Waals surface area contributed by atoms with E-state index in [2.05, 4.69) is 20.8 Å². The van der Waals surface area contributed by atoms with Crippen LogP contribution in [0.15, 0.2) is 0 Å². The van der Waals surface area contributed by atoms with E-state index in [1.54, 1.807) is 0 Å². The maximum atomic E-state index is 10.1. The van der Waals surface area contributed by atoms with Crippen LogP contribution in [0.2, 0.25) is 0 Å². The van der Waals surface area contributed by atoms with Crippen molar-refractivity contribution < 1.29 is 22.8 Å². The standard InChI is InChI=1S/C24H52O5P2/c1-4-7-10-13-16-19-22-26-30(25)29-31(27-23-20-17-14-11-8-5-2)28-24-21-18-15-12-9-6-3/h25H,4-24H2,1-3H3. The molecule has 188 valence electrons. The molecule has 1 unspecified atom stereocenters. The molecule has 7 heteroatoms. The molecule has 0 rings (SSSR count). The minimum Gasteiger partial charge on any atom is -0.328 e. The van der Waals surface area contributed by atoms with Gasteiger partial charge in [0.1, 0.15) is 0 Å². The van der Waals surface area contributed by atoms with E-state index in [1.165, 1.54) is 89.9 Å². The topological polar surface area (TPSA) is 57.2 Å². The first kappa shape index (κ1) is 31.7. The molecule has 0 aromatic carbocycles. The highest BCUT2D eigenvalue weighted by atomic mass is 31.2. The lowest BCUT2D eigenvalue weighted by Crippen LogP contribution is -1.99. The number of unbranched alkanes of at least 4 members (excludes halogenated alkanes) is 15. The van der Waals surface area contributed by atoms with E-state index >= 15 is 0 Å². The first-order chi connectivity index (χ1) is 15.2. The van der Waals surface area contributed by atoms with Crippen LogP contribution in [0, 0.1) is 0 Å². The minimum atomic E-state index is -1.93. The maximum absolute atomic E-state index is 10.1. The van der Waals surface area contributed by atoms with Crippen LogP contribution in [0.1, 0.15) is 136 Å². The van der Waals surface area contributed by atoms with Crippen molar-refractivity contribution in [1.29, 1.82) is 0 Å². The van der Waals surface area contributed by atoms with Crippen molar-refractivity contribution in [3.05, 3.63) is 0 Å². The van der Waals surface area contributed by atoms with Gasteiger partial charge in [-0.25, -0.2) is 4.31 Å². The van der Waals surface area contributed by atoms with Gasteiger partial charge in [0, 0.05) is 0 Å². The van der Waals surface area contributed by atoms with Gasteiger partial charge in [-0.3, -0.25) is 0 Å². The van der Waals surface area contributed by atoms with Crippen molar-refractivity contribution in [3.63, 3.8) is 0 Å². The van der Waals surface area contributed by atoms with E-state index in [1.807, 2.05) is 0 Å². The second kappa shape index (κ2) is 26.9. The summed E-state index contributed by atoms with van der Waals surface area (Å²) in [4.78, 5) is 10.1. The van der Waals surface area contributed by atoms with Crippen molar-refractivity contribution >= 4 is 17.2 Å². The smallest absolute Gasteiger partial charge is 0.328 e.